The summed E-state index contributed by atoms with van der Waals surface area (Å²) in [4.78, 5) is 20.2. The summed E-state index contributed by atoms with van der Waals surface area (Å²) in [7, 11) is 3.48. The van der Waals surface area contributed by atoms with Gasteiger partial charge in [0.2, 0.25) is 5.91 Å². The van der Waals surface area contributed by atoms with Crippen LogP contribution < -0.4 is 15.5 Å². The Morgan fingerprint density at radius 1 is 1.36 bits per heavy atom. The Kier molecular flexibility index (Phi) is 9.37. The van der Waals surface area contributed by atoms with E-state index in [1.165, 1.54) is 5.69 Å². The number of rotatable bonds is 9. The summed E-state index contributed by atoms with van der Waals surface area (Å²) in [5, 5.41) is 7.53. The molecular formula is C20H32ClN5O2. The van der Waals surface area contributed by atoms with Crippen molar-refractivity contribution in [3.05, 3.63) is 29.3 Å². The number of hydrogen-bond acceptors (Lipinski definition) is 4. The first-order valence-corrected chi connectivity index (χ1v) is 10.2. The van der Waals surface area contributed by atoms with Gasteiger partial charge in [-0.25, -0.2) is 4.99 Å². The van der Waals surface area contributed by atoms with E-state index in [4.69, 9.17) is 16.3 Å². The van der Waals surface area contributed by atoms with Crippen molar-refractivity contribution >= 4 is 29.2 Å². The predicted octanol–water partition coefficient (Wildman–Crippen LogP) is 1.97. The van der Waals surface area contributed by atoms with Gasteiger partial charge in [-0.2, -0.15) is 0 Å². The first-order valence-electron chi connectivity index (χ1n) is 9.83. The van der Waals surface area contributed by atoms with Crippen molar-refractivity contribution in [3.8, 4) is 0 Å². The zero-order chi connectivity index (χ0) is 20.4. The molecule has 7 nitrogen and oxygen atoms in total. The van der Waals surface area contributed by atoms with Crippen LogP contribution in [0.2, 0.25) is 5.02 Å². The number of nitrogens with one attached hydrogen (secondary N) is 2. The van der Waals surface area contributed by atoms with Gasteiger partial charge in [-0.05, 0) is 44.0 Å². The minimum atomic E-state index is -0.0235. The third kappa shape index (κ3) is 7.56. The maximum atomic E-state index is 11.9. The number of carbonyl (C=O) groups excluding carboxylic acids is 1. The van der Waals surface area contributed by atoms with Crippen LogP contribution in [0.4, 0.5) is 5.69 Å². The number of nitrogens with zero attached hydrogens (tertiary/aromatic N) is 3. The topological polar surface area (TPSA) is 69.2 Å². The van der Waals surface area contributed by atoms with Crippen LogP contribution in [0, 0.1) is 0 Å². The van der Waals surface area contributed by atoms with Gasteiger partial charge >= 0.3 is 0 Å². The third-order valence-electron chi connectivity index (χ3n) is 4.55. The fourth-order valence-corrected chi connectivity index (χ4v) is 3.05. The second kappa shape index (κ2) is 11.8. The monoisotopic (exact) mass is 409 g/mol. The SMILES string of the molecule is CCOCCCNC(=NCC(=O)N(C)C)NC1CCN(c2ccc(Cl)cc2)C1. The Morgan fingerprint density at radius 2 is 2.11 bits per heavy atom. The van der Waals surface area contributed by atoms with Crippen LogP contribution in [-0.4, -0.2) is 76.3 Å². The second-order valence-electron chi connectivity index (χ2n) is 6.98. The molecule has 2 rings (SSSR count). The zero-order valence-electron chi connectivity index (χ0n) is 17.1. The minimum Gasteiger partial charge on any atom is -0.382 e. The van der Waals surface area contributed by atoms with Crippen molar-refractivity contribution in [1.29, 1.82) is 0 Å². The number of aliphatic imine (C=N–C) groups is 1. The molecule has 0 aliphatic carbocycles. The number of amides is 1. The molecule has 1 amide bonds. The molecule has 0 aromatic heterocycles. The van der Waals surface area contributed by atoms with E-state index in [-0.39, 0.29) is 18.5 Å². The summed E-state index contributed by atoms with van der Waals surface area (Å²) in [6, 6.07) is 8.18. The van der Waals surface area contributed by atoms with Crippen molar-refractivity contribution in [2.75, 3.05) is 58.4 Å². The van der Waals surface area contributed by atoms with Crippen LogP contribution in [0.25, 0.3) is 0 Å². The molecule has 1 aromatic rings. The molecule has 1 atom stereocenters. The summed E-state index contributed by atoms with van der Waals surface area (Å²) in [5.74, 6) is 0.652. The predicted molar refractivity (Wildman–Crippen MR) is 115 cm³/mol. The number of benzene rings is 1. The number of carbonyl (C=O) groups is 1. The van der Waals surface area contributed by atoms with E-state index < -0.39 is 0 Å². The van der Waals surface area contributed by atoms with E-state index in [1.54, 1.807) is 19.0 Å². The molecule has 156 valence electrons. The molecule has 28 heavy (non-hydrogen) atoms. The Labute approximate surface area is 173 Å². The van der Waals surface area contributed by atoms with Gasteiger partial charge in [-0.3, -0.25) is 4.79 Å². The number of hydrogen-bond donors (Lipinski definition) is 2. The maximum absolute atomic E-state index is 11.9. The highest BCUT2D eigenvalue weighted by molar-refractivity contribution is 6.30. The van der Waals surface area contributed by atoms with E-state index in [2.05, 4.69) is 20.5 Å². The highest BCUT2D eigenvalue weighted by Crippen LogP contribution is 2.22. The van der Waals surface area contributed by atoms with E-state index >= 15 is 0 Å². The minimum absolute atomic E-state index is 0.0235. The molecule has 1 heterocycles. The van der Waals surface area contributed by atoms with Gasteiger partial charge in [-0.15, -0.1) is 0 Å². The van der Waals surface area contributed by atoms with Gasteiger partial charge in [0.05, 0.1) is 0 Å². The summed E-state index contributed by atoms with van der Waals surface area (Å²) in [5.41, 5.74) is 1.17. The highest BCUT2D eigenvalue weighted by Gasteiger charge is 2.23. The quantitative estimate of drug-likeness (QED) is 0.371. The number of guanidine groups is 1. The molecule has 8 heteroatoms. The van der Waals surface area contributed by atoms with Crippen LogP contribution >= 0.6 is 11.6 Å². The van der Waals surface area contributed by atoms with E-state index in [1.807, 2.05) is 31.2 Å². The lowest BCUT2D eigenvalue weighted by Gasteiger charge is -2.21. The third-order valence-corrected chi connectivity index (χ3v) is 4.81. The Balaban J connectivity index is 1.90. The van der Waals surface area contributed by atoms with Gasteiger partial charge in [0.15, 0.2) is 5.96 Å². The largest absolute Gasteiger partial charge is 0.382 e. The summed E-state index contributed by atoms with van der Waals surface area (Å²) < 4.78 is 5.37. The number of anilines is 1. The molecule has 2 N–H and O–H groups in total. The molecular weight excluding hydrogens is 378 g/mol. The molecule has 0 saturated carbocycles. The van der Waals surface area contributed by atoms with E-state index in [0.29, 0.717) is 12.6 Å². The number of ether oxygens (including phenoxy) is 1. The lowest BCUT2D eigenvalue weighted by atomic mass is 10.2. The van der Waals surface area contributed by atoms with Gasteiger partial charge in [0.25, 0.3) is 0 Å². The molecule has 1 aliphatic heterocycles. The maximum Gasteiger partial charge on any atom is 0.243 e. The molecule has 1 unspecified atom stereocenters. The Hall–Kier alpha value is -1.99. The zero-order valence-corrected chi connectivity index (χ0v) is 17.8. The highest BCUT2D eigenvalue weighted by atomic mass is 35.5. The van der Waals surface area contributed by atoms with E-state index in [0.717, 1.165) is 44.1 Å². The molecule has 0 radical (unpaired) electrons. The summed E-state index contributed by atoms with van der Waals surface area (Å²) in [6.45, 7) is 6.13. The molecule has 1 fully saturated rings. The average molecular weight is 410 g/mol. The summed E-state index contributed by atoms with van der Waals surface area (Å²) >= 11 is 5.98. The standard InChI is InChI=1S/C20H32ClN5O2/c1-4-28-13-5-11-22-20(23-14-19(27)25(2)3)24-17-10-12-26(15-17)18-8-6-16(21)7-9-18/h6-9,17H,4-5,10-15H2,1-3H3,(H2,22,23,24). The lowest BCUT2D eigenvalue weighted by Crippen LogP contribution is -2.45. The van der Waals surface area contributed by atoms with Crippen LogP contribution in [0.1, 0.15) is 19.8 Å². The van der Waals surface area contributed by atoms with Crippen LogP contribution in [0.5, 0.6) is 0 Å². The summed E-state index contributed by atoms with van der Waals surface area (Å²) in [6.07, 6.45) is 1.89. The smallest absolute Gasteiger partial charge is 0.243 e. The molecule has 0 bridgehead atoms. The number of halogens is 1. The normalized spacial score (nSPS) is 16.9. The molecule has 1 aliphatic rings. The van der Waals surface area contributed by atoms with Crippen molar-refractivity contribution in [2.24, 2.45) is 4.99 Å². The first-order chi connectivity index (χ1) is 13.5. The Bertz CT molecular complexity index is 636. The van der Waals surface area contributed by atoms with E-state index in [9.17, 15) is 4.79 Å². The average Bonchev–Trinajstić information content (AvgIpc) is 3.14. The van der Waals surface area contributed by atoms with Gasteiger partial charge < -0.3 is 25.2 Å². The van der Waals surface area contributed by atoms with Crippen LogP contribution in [0.3, 0.4) is 0 Å². The van der Waals surface area contributed by atoms with Crippen molar-refractivity contribution < 1.29 is 9.53 Å². The van der Waals surface area contributed by atoms with Crippen molar-refractivity contribution in [3.63, 3.8) is 0 Å². The van der Waals surface area contributed by atoms with Crippen LogP contribution in [-0.2, 0) is 9.53 Å². The van der Waals surface area contributed by atoms with Gasteiger partial charge in [-0.1, -0.05) is 11.6 Å². The first kappa shape index (κ1) is 22.3. The molecule has 0 spiro atoms. The molecule has 1 saturated heterocycles. The fourth-order valence-electron chi connectivity index (χ4n) is 2.92. The molecule has 1 aromatic carbocycles. The number of likely N-dealkylation sites (N-methyl/N-ethyl adjacent to an activating group) is 1. The van der Waals surface area contributed by atoms with Gasteiger partial charge in [0.1, 0.15) is 6.54 Å². The second-order valence-corrected chi connectivity index (χ2v) is 7.42. The fraction of sp³-hybridized carbons (Fsp3) is 0.600. The van der Waals surface area contributed by atoms with Crippen LogP contribution in [0.15, 0.2) is 29.3 Å². The van der Waals surface area contributed by atoms with Crippen molar-refractivity contribution in [2.45, 2.75) is 25.8 Å². The lowest BCUT2D eigenvalue weighted by molar-refractivity contribution is -0.127. The van der Waals surface area contributed by atoms with Crippen molar-refractivity contribution in [1.82, 2.24) is 15.5 Å². The Morgan fingerprint density at radius 3 is 2.79 bits per heavy atom. The van der Waals surface area contributed by atoms with Gasteiger partial charge in [0, 0.05) is 63.7 Å².